The van der Waals surface area contributed by atoms with Crippen LogP contribution in [0, 0.1) is 5.41 Å². The molecule has 1 aliphatic carbocycles. The molecule has 1 heterocycles. The van der Waals surface area contributed by atoms with Gasteiger partial charge in [-0.15, -0.1) is 0 Å². The quantitative estimate of drug-likeness (QED) is 0.779. The monoisotopic (exact) mass is 225 g/mol. The molecule has 2 aliphatic rings. The molecule has 0 spiro atoms. The molecule has 1 aliphatic heterocycles. The zero-order chi connectivity index (χ0) is 11.6. The molecule has 0 radical (unpaired) electrons. The van der Waals surface area contributed by atoms with Crippen LogP contribution in [-0.4, -0.2) is 55.1 Å². The summed E-state index contributed by atoms with van der Waals surface area (Å²) in [5.41, 5.74) is 6.42. The summed E-state index contributed by atoms with van der Waals surface area (Å²) in [6.07, 6.45) is 4.10. The summed E-state index contributed by atoms with van der Waals surface area (Å²) in [6, 6.07) is 0.716. The summed E-state index contributed by atoms with van der Waals surface area (Å²) >= 11 is 0. The van der Waals surface area contributed by atoms with Crippen LogP contribution in [0.15, 0.2) is 0 Å². The van der Waals surface area contributed by atoms with Crippen molar-refractivity contribution in [2.24, 2.45) is 11.1 Å². The fourth-order valence-corrected chi connectivity index (χ4v) is 3.26. The van der Waals surface area contributed by atoms with Crippen LogP contribution in [0.25, 0.3) is 0 Å². The summed E-state index contributed by atoms with van der Waals surface area (Å²) in [5.74, 6) is 0. The zero-order valence-electron chi connectivity index (χ0n) is 10.9. The second-order valence-electron chi connectivity index (χ2n) is 5.77. The van der Waals surface area contributed by atoms with Gasteiger partial charge in [0.05, 0.1) is 0 Å². The van der Waals surface area contributed by atoms with E-state index >= 15 is 0 Å². The maximum atomic E-state index is 5.94. The molecule has 2 N–H and O–H groups in total. The molecule has 0 aromatic rings. The summed E-state index contributed by atoms with van der Waals surface area (Å²) in [5, 5.41) is 0. The molecule has 94 valence electrons. The Kier molecular flexibility index (Phi) is 3.88. The normalized spacial score (nSPS) is 31.3. The van der Waals surface area contributed by atoms with Gasteiger partial charge in [-0.05, 0) is 38.3 Å². The topological polar surface area (TPSA) is 32.5 Å². The van der Waals surface area contributed by atoms with E-state index in [9.17, 15) is 0 Å². The number of piperazine rings is 1. The molecular formula is C13H27N3. The van der Waals surface area contributed by atoms with Crippen molar-refractivity contribution in [3.8, 4) is 0 Å². The van der Waals surface area contributed by atoms with Gasteiger partial charge in [-0.3, -0.25) is 9.80 Å². The first-order valence-corrected chi connectivity index (χ1v) is 6.85. The Balaban J connectivity index is 1.83. The highest BCUT2D eigenvalue weighted by atomic mass is 15.3. The van der Waals surface area contributed by atoms with Gasteiger partial charge in [0, 0.05) is 32.2 Å². The smallest absolute Gasteiger partial charge is 0.0195 e. The predicted octanol–water partition coefficient (Wildman–Crippen LogP) is 1.14. The van der Waals surface area contributed by atoms with Gasteiger partial charge in [0.15, 0.2) is 0 Å². The van der Waals surface area contributed by atoms with Crippen LogP contribution in [0.1, 0.15) is 33.1 Å². The molecule has 0 amide bonds. The minimum Gasteiger partial charge on any atom is -0.330 e. The Labute approximate surface area is 100.0 Å². The Hall–Kier alpha value is -0.120. The highest BCUT2D eigenvalue weighted by molar-refractivity contribution is 4.93. The fraction of sp³-hybridized carbons (Fsp3) is 1.00. The van der Waals surface area contributed by atoms with Crippen molar-refractivity contribution >= 4 is 0 Å². The second kappa shape index (κ2) is 5.03. The van der Waals surface area contributed by atoms with Gasteiger partial charge in [0.25, 0.3) is 0 Å². The molecule has 1 saturated carbocycles. The third-order valence-corrected chi connectivity index (χ3v) is 4.66. The van der Waals surface area contributed by atoms with Crippen molar-refractivity contribution in [1.29, 1.82) is 0 Å². The average Bonchev–Trinajstić information content (AvgIpc) is 2.24. The average molecular weight is 225 g/mol. The highest BCUT2D eigenvalue weighted by Crippen LogP contribution is 2.40. The van der Waals surface area contributed by atoms with Gasteiger partial charge in [-0.1, -0.05) is 13.3 Å². The van der Waals surface area contributed by atoms with E-state index < -0.39 is 0 Å². The molecule has 16 heavy (non-hydrogen) atoms. The molecule has 1 saturated heterocycles. The van der Waals surface area contributed by atoms with E-state index in [0.29, 0.717) is 11.5 Å². The molecule has 0 bridgehead atoms. The predicted molar refractivity (Wildman–Crippen MR) is 68.5 cm³/mol. The number of hydrogen-bond acceptors (Lipinski definition) is 3. The lowest BCUT2D eigenvalue weighted by atomic mass is 9.68. The first-order chi connectivity index (χ1) is 7.69. The minimum absolute atomic E-state index is 0.480. The van der Waals surface area contributed by atoms with Crippen molar-refractivity contribution in [2.45, 2.75) is 39.2 Å². The summed E-state index contributed by atoms with van der Waals surface area (Å²) in [7, 11) is 0. The lowest BCUT2D eigenvalue weighted by Crippen LogP contribution is -2.56. The maximum Gasteiger partial charge on any atom is 0.0195 e. The Morgan fingerprint density at radius 1 is 1.31 bits per heavy atom. The minimum atomic E-state index is 0.480. The van der Waals surface area contributed by atoms with Crippen molar-refractivity contribution in [1.82, 2.24) is 9.80 Å². The molecule has 1 unspecified atom stereocenters. The molecule has 2 rings (SSSR count). The van der Waals surface area contributed by atoms with Crippen LogP contribution in [0.4, 0.5) is 0 Å². The molecular weight excluding hydrogens is 198 g/mol. The molecule has 0 aromatic carbocycles. The van der Waals surface area contributed by atoms with Crippen molar-refractivity contribution < 1.29 is 0 Å². The van der Waals surface area contributed by atoms with Crippen molar-refractivity contribution in [3.63, 3.8) is 0 Å². The number of nitrogens with zero attached hydrogens (tertiary/aromatic N) is 2. The number of nitrogens with two attached hydrogens (primary N) is 1. The van der Waals surface area contributed by atoms with Crippen molar-refractivity contribution in [2.75, 3.05) is 39.3 Å². The summed E-state index contributed by atoms with van der Waals surface area (Å²) < 4.78 is 0. The lowest BCUT2D eigenvalue weighted by Gasteiger charge is -2.48. The third-order valence-electron chi connectivity index (χ3n) is 4.66. The molecule has 3 nitrogen and oxygen atoms in total. The largest absolute Gasteiger partial charge is 0.330 e. The summed E-state index contributed by atoms with van der Waals surface area (Å²) in [4.78, 5) is 5.22. The van der Waals surface area contributed by atoms with Gasteiger partial charge in [0.1, 0.15) is 0 Å². The van der Waals surface area contributed by atoms with Gasteiger partial charge in [-0.25, -0.2) is 0 Å². The maximum absolute atomic E-state index is 5.94. The van der Waals surface area contributed by atoms with E-state index in [1.165, 1.54) is 52.0 Å². The van der Waals surface area contributed by atoms with Gasteiger partial charge >= 0.3 is 0 Å². The first kappa shape index (κ1) is 12.3. The van der Waals surface area contributed by atoms with Crippen molar-refractivity contribution in [3.05, 3.63) is 0 Å². The number of likely N-dealkylation sites (N-methyl/N-ethyl adjacent to an activating group) is 1. The van der Waals surface area contributed by atoms with E-state index in [-0.39, 0.29) is 0 Å². The van der Waals surface area contributed by atoms with Crippen LogP contribution in [-0.2, 0) is 0 Å². The van der Waals surface area contributed by atoms with Gasteiger partial charge in [-0.2, -0.15) is 0 Å². The standard InChI is InChI=1S/C13H27N3/c1-3-16-8-7-15(9-12(16)2)11-13(10-14)5-4-6-13/h12H,3-11,14H2,1-2H3. The molecule has 2 fully saturated rings. The fourth-order valence-electron chi connectivity index (χ4n) is 3.26. The van der Waals surface area contributed by atoms with Crippen LogP contribution >= 0.6 is 0 Å². The van der Waals surface area contributed by atoms with Crippen LogP contribution in [0.3, 0.4) is 0 Å². The molecule has 0 aromatic heterocycles. The van der Waals surface area contributed by atoms with Crippen LogP contribution < -0.4 is 5.73 Å². The molecule has 1 atom stereocenters. The van der Waals surface area contributed by atoms with E-state index in [0.717, 1.165) is 6.54 Å². The Bertz CT molecular complexity index is 220. The first-order valence-electron chi connectivity index (χ1n) is 6.85. The Morgan fingerprint density at radius 3 is 2.50 bits per heavy atom. The third kappa shape index (κ3) is 2.41. The van der Waals surface area contributed by atoms with E-state index in [4.69, 9.17) is 5.73 Å². The second-order valence-corrected chi connectivity index (χ2v) is 5.77. The number of rotatable bonds is 4. The summed E-state index contributed by atoms with van der Waals surface area (Å²) in [6.45, 7) is 11.6. The lowest BCUT2D eigenvalue weighted by molar-refractivity contribution is 0.0244. The van der Waals surface area contributed by atoms with Crippen LogP contribution in [0.5, 0.6) is 0 Å². The van der Waals surface area contributed by atoms with E-state index in [1.807, 2.05) is 0 Å². The zero-order valence-corrected chi connectivity index (χ0v) is 10.9. The molecule has 3 heteroatoms. The Morgan fingerprint density at radius 2 is 2.06 bits per heavy atom. The van der Waals surface area contributed by atoms with E-state index in [1.54, 1.807) is 0 Å². The van der Waals surface area contributed by atoms with E-state index in [2.05, 4.69) is 23.6 Å². The SMILES string of the molecule is CCN1CCN(CC2(CN)CCC2)CC1C. The van der Waals surface area contributed by atoms with Gasteiger partial charge in [0.2, 0.25) is 0 Å². The van der Waals surface area contributed by atoms with Crippen LogP contribution in [0.2, 0.25) is 0 Å². The highest BCUT2D eigenvalue weighted by Gasteiger charge is 2.38. The number of hydrogen-bond donors (Lipinski definition) is 1. The van der Waals surface area contributed by atoms with Gasteiger partial charge < -0.3 is 5.73 Å².